The van der Waals surface area contributed by atoms with Crippen LogP contribution in [0.3, 0.4) is 0 Å². The van der Waals surface area contributed by atoms with Gasteiger partial charge in [0.05, 0.1) is 12.5 Å². The number of ether oxygens (including phenoxy) is 1. The summed E-state index contributed by atoms with van der Waals surface area (Å²) in [6.45, 7) is 3.43. The van der Waals surface area contributed by atoms with E-state index in [4.69, 9.17) is 27.9 Å². The highest BCUT2D eigenvalue weighted by molar-refractivity contribution is 6.35. The van der Waals surface area contributed by atoms with E-state index in [1.54, 1.807) is 25.1 Å². The van der Waals surface area contributed by atoms with Gasteiger partial charge < -0.3 is 10.1 Å². The Labute approximate surface area is 157 Å². The fraction of sp³-hybridized carbons (Fsp3) is 0.263. The molecule has 2 aromatic rings. The fourth-order valence-electron chi connectivity index (χ4n) is 2.28. The van der Waals surface area contributed by atoms with Crippen molar-refractivity contribution in [2.45, 2.75) is 26.3 Å². The van der Waals surface area contributed by atoms with Gasteiger partial charge in [0.1, 0.15) is 0 Å². The SMILES string of the molecule is Cc1ccc(CC(=O)OCC(=O)N[C@H](C)c2ccc(Cl)cc2Cl)cc1. The topological polar surface area (TPSA) is 55.4 Å². The molecule has 0 fully saturated rings. The lowest BCUT2D eigenvalue weighted by atomic mass is 10.1. The van der Waals surface area contributed by atoms with Crippen molar-refractivity contribution in [1.82, 2.24) is 5.32 Å². The highest BCUT2D eigenvalue weighted by Crippen LogP contribution is 2.25. The van der Waals surface area contributed by atoms with Crippen molar-refractivity contribution < 1.29 is 14.3 Å². The molecule has 0 unspecified atom stereocenters. The third kappa shape index (κ3) is 6.07. The highest BCUT2D eigenvalue weighted by Gasteiger charge is 2.14. The molecule has 2 aromatic carbocycles. The second kappa shape index (κ2) is 8.88. The summed E-state index contributed by atoms with van der Waals surface area (Å²) < 4.78 is 5.02. The number of esters is 1. The molecule has 0 aliphatic carbocycles. The lowest BCUT2D eigenvalue weighted by Gasteiger charge is -2.16. The summed E-state index contributed by atoms with van der Waals surface area (Å²) in [5.74, 6) is -0.841. The van der Waals surface area contributed by atoms with Crippen LogP contribution in [0.4, 0.5) is 0 Å². The van der Waals surface area contributed by atoms with E-state index in [-0.39, 0.29) is 19.1 Å². The molecule has 0 aliphatic heterocycles. The van der Waals surface area contributed by atoms with Crippen molar-refractivity contribution in [2.24, 2.45) is 0 Å². The Hall–Kier alpha value is -2.04. The van der Waals surface area contributed by atoms with Crippen LogP contribution in [0.2, 0.25) is 10.0 Å². The summed E-state index contributed by atoms with van der Waals surface area (Å²) in [6.07, 6.45) is 0.131. The Kier molecular flexibility index (Phi) is 6.85. The number of amides is 1. The third-order valence-corrected chi connectivity index (χ3v) is 4.20. The standard InChI is InChI=1S/C19H19Cl2NO3/c1-12-3-5-14(6-4-12)9-19(24)25-11-18(23)22-13(2)16-8-7-15(20)10-17(16)21/h3-8,10,13H,9,11H2,1-2H3,(H,22,23)/t13-/m1/s1. The average molecular weight is 380 g/mol. The van der Waals surface area contributed by atoms with E-state index >= 15 is 0 Å². The maximum absolute atomic E-state index is 11.9. The summed E-state index contributed by atoms with van der Waals surface area (Å²) in [7, 11) is 0. The minimum absolute atomic E-state index is 0.131. The van der Waals surface area contributed by atoms with Crippen molar-refractivity contribution in [3.05, 3.63) is 69.2 Å². The zero-order valence-corrected chi connectivity index (χ0v) is 15.5. The van der Waals surface area contributed by atoms with E-state index < -0.39 is 11.9 Å². The number of benzene rings is 2. The van der Waals surface area contributed by atoms with Gasteiger partial charge in [0, 0.05) is 10.0 Å². The number of nitrogens with one attached hydrogen (secondary N) is 1. The largest absolute Gasteiger partial charge is 0.455 e. The summed E-state index contributed by atoms with van der Waals surface area (Å²) >= 11 is 12.0. The monoisotopic (exact) mass is 379 g/mol. The minimum Gasteiger partial charge on any atom is -0.455 e. The lowest BCUT2D eigenvalue weighted by Crippen LogP contribution is -2.31. The zero-order chi connectivity index (χ0) is 18.4. The molecule has 0 saturated heterocycles. The van der Waals surface area contributed by atoms with Crippen molar-refractivity contribution >= 4 is 35.1 Å². The molecule has 0 heterocycles. The highest BCUT2D eigenvalue weighted by atomic mass is 35.5. The van der Waals surface area contributed by atoms with E-state index in [2.05, 4.69) is 5.32 Å². The van der Waals surface area contributed by atoms with Gasteiger partial charge in [-0.2, -0.15) is 0 Å². The average Bonchev–Trinajstić information content (AvgIpc) is 2.55. The molecule has 0 saturated carbocycles. The van der Waals surface area contributed by atoms with E-state index in [0.29, 0.717) is 10.0 Å². The van der Waals surface area contributed by atoms with E-state index in [9.17, 15) is 9.59 Å². The summed E-state index contributed by atoms with van der Waals surface area (Å²) in [6, 6.07) is 12.3. The first kappa shape index (κ1) is 19.3. The van der Waals surface area contributed by atoms with Crippen molar-refractivity contribution in [3.8, 4) is 0 Å². The maximum Gasteiger partial charge on any atom is 0.310 e. The van der Waals surface area contributed by atoms with Crippen LogP contribution in [0.25, 0.3) is 0 Å². The Morgan fingerprint density at radius 1 is 1.12 bits per heavy atom. The molecule has 0 bridgehead atoms. The first-order valence-electron chi connectivity index (χ1n) is 7.80. The number of carbonyl (C=O) groups excluding carboxylic acids is 2. The molecule has 0 spiro atoms. The predicted molar refractivity (Wildman–Crippen MR) is 98.9 cm³/mol. The van der Waals surface area contributed by atoms with E-state index in [0.717, 1.165) is 16.7 Å². The molecule has 4 nitrogen and oxygen atoms in total. The molecule has 1 atom stereocenters. The molecule has 25 heavy (non-hydrogen) atoms. The first-order valence-corrected chi connectivity index (χ1v) is 8.56. The van der Waals surface area contributed by atoms with Gasteiger partial charge >= 0.3 is 5.97 Å². The fourth-order valence-corrected chi connectivity index (χ4v) is 2.86. The van der Waals surface area contributed by atoms with Crippen molar-refractivity contribution in [1.29, 1.82) is 0 Å². The van der Waals surface area contributed by atoms with E-state index in [1.807, 2.05) is 31.2 Å². The van der Waals surface area contributed by atoms with Gasteiger partial charge in [0.2, 0.25) is 0 Å². The summed E-state index contributed by atoms with van der Waals surface area (Å²) in [5.41, 5.74) is 2.70. The Balaban J connectivity index is 1.81. The van der Waals surface area contributed by atoms with Crippen LogP contribution in [-0.4, -0.2) is 18.5 Å². The van der Waals surface area contributed by atoms with Crippen LogP contribution in [0.5, 0.6) is 0 Å². The van der Waals surface area contributed by atoms with Crippen molar-refractivity contribution in [3.63, 3.8) is 0 Å². The van der Waals surface area contributed by atoms with Gasteiger partial charge in [-0.25, -0.2) is 0 Å². The number of hydrogen-bond acceptors (Lipinski definition) is 3. The second-order valence-corrected chi connectivity index (χ2v) is 6.62. The Bertz CT molecular complexity index is 760. The normalized spacial score (nSPS) is 11.7. The quantitative estimate of drug-likeness (QED) is 0.762. The number of hydrogen-bond donors (Lipinski definition) is 1. The molecule has 0 radical (unpaired) electrons. The van der Waals surface area contributed by atoms with Crippen molar-refractivity contribution in [2.75, 3.05) is 6.61 Å². The smallest absolute Gasteiger partial charge is 0.310 e. The zero-order valence-electron chi connectivity index (χ0n) is 14.0. The van der Waals surface area contributed by atoms with Crippen LogP contribution in [-0.2, 0) is 20.7 Å². The number of carbonyl (C=O) groups is 2. The predicted octanol–water partition coefficient (Wildman–Crippen LogP) is 4.26. The lowest BCUT2D eigenvalue weighted by molar-refractivity contribution is -0.148. The second-order valence-electron chi connectivity index (χ2n) is 5.78. The first-order chi connectivity index (χ1) is 11.8. The van der Waals surface area contributed by atoms with E-state index in [1.165, 1.54) is 0 Å². The molecule has 1 N–H and O–H groups in total. The van der Waals surface area contributed by atoms with Gasteiger partial charge in [-0.05, 0) is 37.1 Å². The van der Waals surface area contributed by atoms with Gasteiger partial charge in [0.15, 0.2) is 6.61 Å². The molecular formula is C19H19Cl2NO3. The molecular weight excluding hydrogens is 361 g/mol. The molecule has 2 rings (SSSR count). The van der Waals surface area contributed by atoms with Crippen LogP contribution < -0.4 is 5.32 Å². The van der Waals surface area contributed by atoms with Crippen LogP contribution in [0.1, 0.15) is 29.7 Å². The van der Waals surface area contributed by atoms with Gasteiger partial charge in [-0.3, -0.25) is 9.59 Å². The summed E-state index contributed by atoms with van der Waals surface area (Å²) in [4.78, 5) is 23.8. The van der Waals surface area contributed by atoms with Crippen LogP contribution >= 0.6 is 23.2 Å². The van der Waals surface area contributed by atoms with Crippen LogP contribution in [0.15, 0.2) is 42.5 Å². The number of rotatable bonds is 6. The molecule has 0 aliphatic rings. The molecule has 0 aromatic heterocycles. The minimum atomic E-state index is -0.448. The number of halogens is 2. The molecule has 1 amide bonds. The summed E-state index contributed by atoms with van der Waals surface area (Å²) in [5, 5.41) is 3.73. The molecule has 6 heteroatoms. The Morgan fingerprint density at radius 3 is 2.44 bits per heavy atom. The van der Waals surface area contributed by atoms with Gasteiger partial charge in [0.25, 0.3) is 5.91 Å². The maximum atomic E-state index is 11.9. The molecule has 132 valence electrons. The third-order valence-electron chi connectivity index (χ3n) is 3.64. The number of aryl methyl sites for hydroxylation is 1. The van der Waals surface area contributed by atoms with Gasteiger partial charge in [-0.15, -0.1) is 0 Å². The Morgan fingerprint density at radius 2 is 1.80 bits per heavy atom. The van der Waals surface area contributed by atoms with Crippen LogP contribution in [0, 0.1) is 6.92 Å². The van der Waals surface area contributed by atoms with Gasteiger partial charge in [-0.1, -0.05) is 59.1 Å².